The van der Waals surface area contributed by atoms with Crippen molar-refractivity contribution in [2.75, 3.05) is 0 Å². The summed E-state index contributed by atoms with van der Waals surface area (Å²) in [6, 6.07) is 16.2. The lowest BCUT2D eigenvalue weighted by atomic mass is 10.1. The number of halogens is 2. The molecule has 0 saturated heterocycles. The molecule has 0 aliphatic carbocycles. The van der Waals surface area contributed by atoms with Crippen LogP contribution in [0.2, 0.25) is 0 Å². The van der Waals surface area contributed by atoms with Gasteiger partial charge in [-0.25, -0.2) is 0 Å². The van der Waals surface area contributed by atoms with E-state index in [9.17, 15) is 0 Å². The van der Waals surface area contributed by atoms with Crippen LogP contribution in [0.4, 0.5) is 0 Å². The van der Waals surface area contributed by atoms with Gasteiger partial charge in [-0.05, 0) is 31.2 Å². The summed E-state index contributed by atoms with van der Waals surface area (Å²) >= 11 is 9.61. The Labute approximate surface area is 136 Å². The maximum absolute atomic E-state index is 6.02. The number of alkyl halides is 1. The maximum Gasteiger partial charge on any atom is 0.169 e. The van der Waals surface area contributed by atoms with Gasteiger partial charge >= 0.3 is 0 Å². The zero-order chi connectivity index (χ0) is 14.8. The van der Waals surface area contributed by atoms with Crippen LogP contribution in [0.15, 0.2) is 53.0 Å². The van der Waals surface area contributed by atoms with Crippen molar-refractivity contribution in [2.24, 2.45) is 0 Å². The summed E-state index contributed by atoms with van der Waals surface area (Å²) in [4.78, 5) is 0. The standard InChI is InChI=1S/C16H13BrClN3/c1-11-7-8-14(17)13(9-11)16-20-19-15(10-18)21(16)12-5-3-2-4-6-12/h2-9H,10H2,1H3. The zero-order valence-corrected chi connectivity index (χ0v) is 13.8. The van der Waals surface area contributed by atoms with E-state index in [1.807, 2.05) is 41.0 Å². The van der Waals surface area contributed by atoms with Crippen LogP contribution in [0, 0.1) is 6.92 Å². The molecular formula is C16H13BrClN3. The molecule has 3 rings (SSSR count). The van der Waals surface area contributed by atoms with Crippen LogP contribution in [0.5, 0.6) is 0 Å². The number of hydrogen-bond acceptors (Lipinski definition) is 2. The second-order valence-corrected chi connectivity index (χ2v) is 5.85. The topological polar surface area (TPSA) is 30.7 Å². The van der Waals surface area contributed by atoms with Crippen LogP contribution in [-0.2, 0) is 5.88 Å². The van der Waals surface area contributed by atoms with Gasteiger partial charge < -0.3 is 0 Å². The molecule has 0 fully saturated rings. The summed E-state index contributed by atoms with van der Waals surface area (Å²) < 4.78 is 2.98. The summed E-state index contributed by atoms with van der Waals surface area (Å²) in [5.74, 6) is 1.82. The molecule has 2 aromatic carbocycles. The van der Waals surface area contributed by atoms with Crippen LogP contribution in [0.3, 0.4) is 0 Å². The molecule has 0 aliphatic heterocycles. The molecule has 1 heterocycles. The molecule has 3 nitrogen and oxygen atoms in total. The minimum atomic E-state index is 0.311. The highest BCUT2D eigenvalue weighted by Gasteiger charge is 2.16. The fraction of sp³-hybridized carbons (Fsp3) is 0.125. The molecule has 0 unspecified atom stereocenters. The highest BCUT2D eigenvalue weighted by Crippen LogP contribution is 2.30. The molecule has 0 amide bonds. The number of nitrogens with zero attached hydrogens (tertiary/aromatic N) is 3. The van der Waals surface area contributed by atoms with Gasteiger partial charge in [0.25, 0.3) is 0 Å². The summed E-state index contributed by atoms with van der Waals surface area (Å²) in [6.45, 7) is 2.06. The molecule has 0 bridgehead atoms. The first-order valence-corrected chi connectivity index (χ1v) is 7.85. The van der Waals surface area contributed by atoms with Crippen LogP contribution in [-0.4, -0.2) is 14.8 Å². The average Bonchev–Trinajstić information content (AvgIpc) is 2.94. The molecule has 0 N–H and O–H groups in total. The summed E-state index contributed by atoms with van der Waals surface area (Å²) in [5.41, 5.74) is 3.17. The number of benzene rings is 2. The van der Waals surface area contributed by atoms with E-state index in [0.29, 0.717) is 5.88 Å². The molecule has 106 valence electrons. The minimum Gasteiger partial charge on any atom is -0.278 e. The van der Waals surface area contributed by atoms with Gasteiger partial charge in [0, 0.05) is 15.7 Å². The number of hydrogen-bond donors (Lipinski definition) is 0. The Hall–Kier alpha value is -1.65. The molecule has 0 aliphatic rings. The van der Waals surface area contributed by atoms with Crippen molar-refractivity contribution in [3.05, 3.63) is 64.4 Å². The van der Waals surface area contributed by atoms with E-state index in [-0.39, 0.29) is 0 Å². The van der Waals surface area contributed by atoms with Gasteiger partial charge in [0.2, 0.25) is 0 Å². The summed E-state index contributed by atoms with van der Waals surface area (Å²) in [5, 5.41) is 8.55. The Morgan fingerprint density at radius 2 is 1.86 bits per heavy atom. The molecule has 0 spiro atoms. The van der Waals surface area contributed by atoms with E-state index in [0.717, 1.165) is 27.4 Å². The van der Waals surface area contributed by atoms with Gasteiger partial charge in [-0.3, -0.25) is 4.57 Å². The minimum absolute atomic E-state index is 0.311. The summed E-state index contributed by atoms with van der Waals surface area (Å²) in [7, 11) is 0. The molecule has 0 radical (unpaired) electrons. The third kappa shape index (κ3) is 2.74. The first-order valence-electron chi connectivity index (χ1n) is 6.53. The van der Waals surface area contributed by atoms with Crippen molar-refractivity contribution in [1.82, 2.24) is 14.8 Å². The van der Waals surface area contributed by atoms with Crippen molar-refractivity contribution in [1.29, 1.82) is 0 Å². The molecule has 5 heteroatoms. The molecule has 1 aromatic heterocycles. The average molecular weight is 363 g/mol. The van der Waals surface area contributed by atoms with Gasteiger partial charge in [0.1, 0.15) is 0 Å². The number of para-hydroxylation sites is 1. The second-order valence-electron chi connectivity index (χ2n) is 4.73. The highest BCUT2D eigenvalue weighted by molar-refractivity contribution is 9.10. The van der Waals surface area contributed by atoms with Crippen molar-refractivity contribution >= 4 is 27.5 Å². The Bertz CT molecular complexity index is 768. The molecule has 0 atom stereocenters. The van der Waals surface area contributed by atoms with Gasteiger partial charge in [-0.2, -0.15) is 0 Å². The van der Waals surface area contributed by atoms with Gasteiger partial charge in [-0.15, -0.1) is 21.8 Å². The predicted octanol–water partition coefficient (Wildman–Crippen LogP) is 4.74. The van der Waals surface area contributed by atoms with Crippen molar-refractivity contribution in [3.8, 4) is 17.1 Å². The Morgan fingerprint density at radius 1 is 1.10 bits per heavy atom. The quantitative estimate of drug-likeness (QED) is 0.630. The van der Waals surface area contributed by atoms with E-state index < -0.39 is 0 Å². The molecule has 0 saturated carbocycles. The Kier molecular flexibility index (Phi) is 4.08. The third-order valence-corrected chi connectivity index (χ3v) is 4.16. The number of aromatic nitrogens is 3. The van der Waals surface area contributed by atoms with Gasteiger partial charge in [0.15, 0.2) is 11.6 Å². The van der Waals surface area contributed by atoms with Gasteiger partial charge in [-0.1, -0.05) is 45.8 Å². The number of rotatable bonds is 3. The normalized spacial score (nSPS) is 10.8. The van der Waals surface area contributed by atoms with E-state index in [2.05, 4.69) is 45.2 Å². The monoisotopic (exact) mass is 361 g/mol. The lowest BCUT2D eigenvalue weighted by molar-refractivity contribution is 0.953. The first kappa shape index (κ1) is 14.3. The van der Waals surface area contributed by atoms with E-state index in [1.165, 1.54) is 5.56 Å². The van der Waals surface area contributed by atoms with E-state index >= 15 is 0 Å². The second kappa shape index (κ2) is 6.00. The molecule has 3 aromatic rings. The van der Waals surface area contributed by atoms with Crippen LogP contribution < -0.4 is 0 Å². The van der Waals surface area contributed by atoms with Crippen molar-refractivity contribution in [2.45, 2.75) is 12.8 Å². The highest BCUT2D eigenvalue weighted by atomic mass is 79.9. The first-order chi connectivity index (χ1) is 10.2. The lowest BCUT2D eigenvalue weighted by Crippen LogP contribution is -2.02. The fourth-order valence-electron chi connectivity index (χ4n) is 2.24. The largest absolute Gasteiger partial charge is 0.278 e. The lowest BCUT2D eigenvalue weighted by Gasteiger charge is -2.11. The van der Waals surface area contributed by atoms with Gasteiger partial charge in [0.05, 0.1) is 5.88 Å². The van der Waals surface area contributed by atoms with E-state index in [1.54, 1.807) is 0 Å². The Morgan fingerprint density at radius 3 is 2.57 bits per heavy atom. The smallest absolute Gasteiger partial charge is 0.169 e. The fourth-order valence-corrected chi connectivity index (χ4v) is 2.83. The SMILES string of the molecule is Cc1ccc(Br)c(-c2nnc(CCl)n2-c2ccccc2)c1. The zero-order valence-electron chi connectivity index (χ0n) is 11.4. The van der Waals surface area contributed by atoms with Crippen LogP contribution in [0.1, 0.15) is 11.4 Å². The van der Waals surface area contributed by atoms with Crippen LogP contribution >= 0.6 is 27.5 Å². The maximum atomic E-state index is 6.02. The Balaban J connectivity index is 2.25. The third-order valence-electron chi connectivity index (χ3n) is 3.23. The van der Waals surface area contributed by atoms with E-state index in [4.69, 9.17) is 11.6 Å². The van der Waals surface area contributed by atoms with Crippen molar-refractivity contribution < 1.29 is 0 Å². The summed E-state index contributed by atoms with van der Waals surface area (Å²) in [6.07, 6.45) is 0. The molecule has 21 heavy (non-hydrogen) atoms. The van der Waals surface area contributed by atoms with Crippen molar-refractivity contribution in [3.63, 3.8) is 0 Å². The van der Waals surface area contributed by atoms with Crippen LogP contribution in [0.25, 0.3) is 17.1 Å². The molecular weight excluding hydrogens is 350 g/mol. The predicted molar refractivity (Wildman–Crippen MR) is 88.8 cm³/mol. The number of aryl methyl sites for hydroxylation is 1.